The molecule has 2 aromatic carbocycles. The molecule has 0 spiro atoms. The summed E-state index contributed by atoms with van der Waals surface area (Å²) in [4.78, 5) is 1.07. The van der Waals surface area contributed by atoms with Crippen molar-refractivity contribution in [3.63, 3.8) is 0 Å². The second kappa shape index (κ2) is 5.77. The largest absolute Gasteiger partial charge is 0.497 e. The Morgan fingerprint density at radius 3 is 2.90 bits per heavy atom. The van der Waals surface area contributed by atoms with Crippen LogP contribution < -0.4 is 10.5 Å². The summed E-state index contributed by atoms with van der Waals surface area (Å²) in [6.45, 7) is 0. The second-order valence-electron chi connectivity index (χ2n) is 4.45. The minimum atomic E-state index is 0.801. The quantitative estimate of drug-likeness (QED) is 0.556. The van der Waals surface area contributed by atoms with Crippen LogP contribution in [0.25, 0.3) is 10.1 Å². The number of hydrogen-bond donors (Lipinski definition) is 1. The van der Waals surface area contributed by atoms with Gasteiger partial charge < -0.3 is 10.5 Å². The number of nitrogen functional groups attached to an aromatic ring is 1. The van der Waals surface area contributed by atoms with Gasteiger partial charge in [-0.05, 0) is 40.6 Å². The highest BCUT2D eigenvalue weighted by Gasteiger charge is 2.07. The van der Waals surface area contributed by atoms with Crippen molar-refractivity contribution in [3.8, 4) is 5.75 Å². The molecule has 1 aromatic heterocycles. The Hall–Kier alpha value is -1.65. The van der Waals surface area contributed by atoms with E-state index in [0.29, 0.717) is 0 Å². The van der Waals surface area contributed by atoms with E-state index in [1.807, 2.05) is 18.2 Å². The summed E-state index contributed by atoms with van der Waals surface area (Å²) in [6, 6.07) is 14.3. The second-order valence-corrected chi connectivity index (χ2v) is 6.38. The van der Waals surface area contributed by atoms with E-state index < -0.39 is 0 Å². The Bertz CT molecular complexity index is 736. The van der Waals surface area contributed by atoms with Crippen LogP contribution in [0, 0.1) is 0 Å². The van der Waals surface area contributed by atoms with Crippen molar-refractivity contribution in [1.29, 1.82) is 0 Å². The Labute approximate surface area is 126 Å². The number of fused-ring (bicyclic) bond motifs is 1. The van der Waals surface area contributed by atoms with E-state index in [1.165, 1.54) is 15.6 Å². The van der Waals surface area contributed by atoms with Crippen molar-refractivity contribution in [2.24, 2.45) is 0 Å². The summed E-state index contributed by atoms with van der Waals surface area (Å²) in [5.41, 5.74) is 8.18. The predicted octanol–water partition coefficient (Wildman–Crippen LogP) is 4.78. The molecule has 0 aliphatic carbocycles. The highest BCUT2D eigenvalue weighted by atomic mass is 32.2. The number of thiophene rings is 1. The molecule has 0 fully saturated rings. The fourth-order valence-electron chi connectivity index (χ4n) is 2.07. The number of nitrogens with two attached hydrogens (primary N) is 1. The van der Waals surface area contributed by atoms with Gasteiger partial charge in [0.05, 0.1) is 7.11 Å². The van der Waals surface area contributed by atoms with Crippen LogP contribution >= 0.6 is 23.1 Å². The molecule has 0 amide bonds. The Balaban J connectivity index is 1.83. The van der Waals surface area contributed by atoms with Gasteiger partial charge >= 0.3 is 0 Å². The van der Waals surface area contributed by atoms with Gasteiger partial charge in [-0.2, -0.15) is 0 Å². The minimum Gasteiger partial charge on any atom is -0.497 e. The summed E-state index contributed by atoms with van der Waals surface area (Å²) in [5.74, 6) is 1.76. The molecule has 102 valence electrons. The summed E-state index contributed by atoms with van der Waals surface area (Å²) in [6.07, 6.45) is 0. The monoisotopic (exact) mass is 301 g/mol. The van der Waals surface area contributed by atoms with Crippen LogP contribution in [0.15, 0.2) is 52.7 Å². The van der Waals surface area contributed by atoms with Crippen LogP contribution in [0.2, 0.25) is 0 Å². The molecular weight excluding hydrogens is 286 g/mol. The molecular formula is C16H15NOS2. The number of methoxy groups -OCH3 is 1. The van der Waals surface area contributed by atoms with E-state index in [1.54, 1.807) is 30.2 Å². The van der Waals surface area contributed by atoms with E-state index >= 15 is 0 Å². The highest BCUT2D eigenvalue weighted by molar-refractivity contribution is 7.98. The van der Waals surface area contributed by atoms with Crippen LogP contribution in [-0.2, 0) is 5.75 Å². The lowest BCUT2D eigenvalue weighted by Gasteiger charge is -2.07. The fraction of sp³-hybridized carbons (Fsp3) is 0.125. The molecule has 0 saturated heterocycles. The predicted molar refractivity (Wildman–Crippen MR) is 88.8 cm³/mol. The van der Waals surface area contributed by atoms with Gasteiger partial charge in [0.2, 0.25) is 0 Å². The van der Waals surface area contributed by atoms with Crippen LogP contribution in [0.5, 0.6) is 5.75 Å². The van der Waals surface area contributed by atoms with E-state index in [2.05, 4.69) is 29.6 Å². The maximum atomic E-state index is 6.02. The molecule has 0 aliphatic heterocycles. The Morgan fingerprint density at radius 2 is 2.05 bits per heavy atom. The number of hydrogen-bond acceptors (Lipinski definition) is 4. The lowest BCUT2D eigenvalue weighted by Crippen LogP contribution is -1.91. The summed E-state index contributed by atoms with van der Waals surface area (Å²) < 4.78 is 6.59. The van der Waals surface area contributed by atoms with E-state index in [0.717, 1.165) is 22.1 Å². The third kappa shape index (κ3) is 2.62. The van der Waals surface area contributed by atoms with E-state index in [9.17, 15) is 0 Å². The average Bonchev–Trinajstić information content (AvgIpc) is 2.90. The molecule has 0 radical (unpaired) electrons. The zero-order chi connectivity index (χ0) is 13.9. The molecule has 0 bridgehead atoms. The summed E-state index contributed by atoms with van der Waals surface area (Å²) in [7, 11) is 1.67. The molecule has 0 saturated carbocycles. The topological polar surface area (TPSA) is 35.2 Å². The number of anilines is 1. The molecule has 2 N–H and O–H groups in total. The standard InChI is InChI=1S/C16H15NOS2/c1-18-12-6-7-14(17)16(8-12)20-10-11-9-19-15-5-3-2-4-13(11)15/h2-9H,10,17H2,1H3. The van der Waals surface area contributed by atoms with Crippen molar-refractivity contribution in [2.45, 2.75) is 10.6 Å². The van der Waals surface area contributed by atoms with Crippen LogP contribution in [0.4, 0.5) is 5.69 Å². The van der Waals surface area contributed by atoms with Gasteiger partial charge in [-0.1, -0.05) is 18.2 Å². The molecule has 0 unspecified atom stereocenters. The molecule has 2 nitrogen and oxygen atoms in total. The third-order valence-corrected chi connectivity index (χ3v) is 5.30. The number of ether oxygens (including phenoxy) is 1. The highest BCUT2D eigenvalue weighted by Crippen LogP contribution is 2.35. The lowest BCUT2D eigenvalue weighted by molar-refractivity contribution is 0.414. The molecule has 20 heavy (non-hydrogen) atoms. The van der Waals surface area contributed by atoms with Gasteiger partial charge in [0.25, 0.3) is 0 Å². The fourth-order valence-corrected chi connectivity index (χ4v) is 4.12. The van der Waals surface area contributed by atoms with Gasteiger partial charge in [-0.15, -0.1) is 23.1 Å². The third-order valence-electron chi connectivity index (χ3n) is 3.17. The van der Waals surface area contributed by atoms with Crippen LogP contribution in [-0.4, -0.2) is 7.11 Å². The maximum absolute atomic E-state index is 6.02. The van der Waals surface area contributed by atoms with Crippen LogP contribution in [0.1, 0.15) is 5.56 Å². The molecule has 3 aromatic rings. The smallest absolute Gasteiger partial charge is 0.120 e. The molecule has 0 atom stereocenters. The molecule has 0 aliphatic rings. The minimum absolute atomic E-state index is 0.801. The maximum Gasteiger partial charge on any atom is 0.120 e. The lowest BCUT2D eigenvalue weighted by atomic mass is 10.2. The number of thioether (sulfide) groups is 1. The van der Waals surface area contributed by atoms with E-state index in [4.69, 9.17) is 10.5 Å². The van der Waals surface area contributed by atoms with Gasteiger partial charge in [0.15, 0.2) is 0 Å². The van der Waals surface area contributed by atoms with E-state index in [-0.39, 0.29) is 0 Å². The van der Waals surface area contributed by atoms with Gasteiger partial charge in [0, 0.05) is 21.0 Å². The SMILES string of the molecule is COc1ccc(N)c(SCc2csc3ccccc23)c1. The number of rotatable bonds is 4. The van der Waals surface area contributed by atoms with Crippen molar-refractivity contribution >= 4 is 38.9 Å². The first kappa shape index (κ1) is 13.3. The zero-order valence-corrected chi connectivity index (χ0v) is 12.8. The average molecular weight is 301 g/mol. The van der Waals surface area contributed by atoms with Crippen molar-refractivity contribution in [3.05, 3.63) is 53.4 Å². The molecule has 4 heteroatoms. The Kier molecular flexibility index (Phi) is 3.85. The van der Waals surface area contributed by atoms with Gasteiger partial charge in [0.1, 0.15) is 5.75 Å². The van der Waals surface area contributed by atoms with Crippen molar-refractivity contribution in [2.75, 3.05) is 12.8 Å². The summed E-state index contributed by atoms with van der Waals surface area (Å²) >= 11 is 3.54. The summed E-state index contributed by atoms with van der Waals surface area (Å²) in [5, 5.41) is 3.57. The zero-order valence-electron chi connectivity index (χ0n) is 11.1. The first-order chi connectivity index (χ1) is 9.78. The van der Waals surface area contributed by atoms with Crippen molar-refractivity contribution in [1.82, 2.24) is 0 Å². The first-order valence-corrected chi connectivity index (χ1v) is 8.16. The number of benzene rings is 2. The normalized spacial score (nSPS) is 10.8. The van der Waals surface area contributed by atoms with Crippen molar-refractivity contribution < 1.29 is 4.74 Å². The molecule has 1 heterocycles. The van der Waals surface area contributed by atoms with Crippen LogP contribution in [0.3, 0.4) is 0 Å². The Morgan fingerprint density at radius 1 is 1.20 bits per heavy atom. The van der Waals surface area contributed by atoms with Gasteiger partial charge in [-0.25, -0.2) is 0 Å². The van der Waals surface area contributed by atoms with Gasteiger partial charge in [-0.3, -0.25) is 0 Å². The first-order valence-electron chi connectivity index (χ1n) is 6.29. The molecule has 3 rings (SSSR count).